The Balaban J connectivity index is 0.00000320. The van der Waals surface area contributed by atoms with E-state index >= 15 is 0 Å². The molecule has 0 saturated carbocycles. The van der Waals surface area contributed by atoms with E-state index in [0.717, 1.165) is 55.4 Å². The molecule has 3 heterocycles. The number of ether oxygens (including phenoxy) is 2. The molecule has 1 fully saturated rings. The normalized spacial score (nSPS) is 13.9. The number of rotatable bonds is 8. The second kappa shape index (κ2) is 12.2. The summed E-state index contributed by atoms with van der Waals surface area (Å²) in [7, 11) is 1.61. The van der Waals surface area contributed by atoms with E-state index in [1.54, 1.807) is 35.0 Å². The molecule has 4 aromatic rings. The standard InChI is InChI=1S/C26H28ClN5O3S.ClH/c1-18-20(17-28-32(18)19-7-4-3-5-8-19)25(33)31(12-6-11-30-13-15-35-16-14-30)26-29-23-22(34-2)10-9-21(27)24(23)36-26;/h3-5,7-10,17H,6,11-16H2,1-2H3;1H. The number of amides is 1. The molecule has 11 heteroatoms. The molecule has 1 saturated heterocycles. The third kappa shape index (κ3) is 5.76. The van der Waals surface area contributed by atoms with Crippen LogP contribution in [0.4, 0.5) is 5.13 Å². The van der Waals surface area contributed by atoms with Gasteiger partial charge in [-0.25, -0.2) is 9.67 Å². The Morgan fingerprint density at radius 2 is 1.95 bits per heavy atom. The average Bonchev–Trinajstić information content (AvgIpc) is 3.52. The lowest BCUT2D eigenvalue weighted by Crippen LogP contribution is -2.39. The Labute approximate surface area is 231 Å². The summed E-state index contributed by atoms with van der Waals surface area (Å²) in [6.07, 6.45) is 2.44. The number of hydrogen-bond donors (Lipinski definition) is 0. The minimum Gasteiger partial charge on any atom is -0.494 e. The first kappa shape index (κ1) is 27.3. The molecule has 1 amide bonds. The van der Waals surface area contributed by atoms with Crippen molar-refractivity contribution in [2.24, 2.45) is 0 Å². The fourth-order valence-corrected chi connectivity index (χ4v) is 5.66. The molecular formula is C26H29Cl2N5O3S. The zero-order chi connectivity index (χ0) is 25.1. The molecule has 5 rings (SSSR count). The van der Waals surface area contributed by atoms with E-state index in [-0.39, 0.29) is 18.3 Å². The van der Waals surface area contributed by atoms with Crippen molar-refractivity contribution in [1.29, 1.82) is 0 Å². The number of carbonyl (C=O) groups excluding carboxylic acids is 1. The number of carbonyl (C=O) groups is 1. The maximum Gasteiger partial charge on any atom is 0.263 e. The minimum absolute atomic E-state index is 0. The van der Waals surface area contributed by atoms with Gasteiger partial charge < -0.3 is 9.47 Å². The zero-order valence-electron chi connectivity index (χ0n) is 20.7. The van der Waals surface area contributed by atoms with Crippen molar-refractivity contribution < 1.29 is 14.3 Å². The highest BCUT2D eigenvalue weighted by Crippen LogP contribution is 2.39. The van der Waals surface area contributed by atoms with Crippen LogP contribution in [-0.4, -0.2) is 72.1 Å². The second-order valence-corrected chi connectivity index (χ2v) is 9.96. The number of fused-ring (bicyclic) bond motifs is 1. The number of thiazole rings is 1. The molecule has 0 radical (unpaired) electrons. The first-order valence-corrected chi connectivity index (χ1v) is 13.1. The molecule has 0 unspecified atom stereocenters. The molecule has 1 aliphatic rings. The predicted octanol–water partition coefficient (Wildman–Crippen LogP) is 5.24. The monoisotopic (exact) mass is 561 g/mol. The smallest absolute Gasteiger partial charge is 0.263 e. The van der Waals surface area contributed by atoms with Crippen molar-refractivity contribution in [2.45, 2.75) is 13.3 Å². The number of halogens is 2. The molecule has 0 spiro atoms. The van der Waals surface area contributed by atoms with Crippen LogP contribution in [0.3, 0.4) is 0 Å². The molecule has 196 valence electrons. The van der Waals surface area contributed by atoms with Crippen LogP contribution >= 0.6 is 35.3 Å². The summed E-state index contributed by atoms with van der Waals surface area (Å²) in [6, 6.07) is 13.4. The van der Waals surface area contributed by atoms with E-state index in [1.807, 2.05) is 37.3 Å². The summed E-state index contributed by atoms with van der Waals surface area (Å²) in [4.78, 5) is 22.9. The molecule has 2 aromatic carbocycles. The molecular weight excluding hydrogens is 533 g/mol. The van der Waals surface area contributed by atoms with Crippen LogP contribution in [0.1, 0.15) is 22.5 Å². The van der Waals surface area contributed by atoms with E-state index in [0.29, 0.717) is 33.5 Å². The maximum atomic E-state index is 14.0. The Kier molecular flexibility index (Phi) is 9.04. The van der Waals surface area contributed by atoms with Crippen LogP contribution in [0.2, 0.25) is 5.02 Å². The summed E-state index contributed by atoms with van der Waals surface area (Å²) >= 11 is 7.88. The van der Waals surface area contributed by atoms with E-state index in [9.17, 15) is 4.79 Å². The Morgan fingerprint density at radius 1 is 1.19 bits per heavy atom. The quantitative estimate of drug-likeness (QED) is 0.293. The van der Waals surface area contributed by atoms with Gasteiger partial charge in [-0.05, 0) is 37.6 Å². The van der Waals surface area contributed by atoms with Gasteiger partial charge in [0.2, 0.25) is 0 Å². The lowest BCUT2D eigenvalue weighted by Gasteiger charge is -2.27. The van der Waals surface area contributed by atoms with Crippen molar-refractivity contribution >= 4 is 56.6 Å². The number of anilines is 1. The zero-order valence-corrected chi connectivity index (χ0v) is 23.1. The molecule has 2 aromatic heterocycles. The van der Waals surface area contributed by atoms with E-state index in [2.05, 4.69) is 10.00 Å². The molecule has 1 aliphatic heterocycles. The van der Waals surface area contributed by atoms with Gasteiger partial charge in [0.25, 0.3) is 5.91 Å². The van der Waals surface area contributed by atoms with Crippen molar-refractivity contribution in [3.05, 3.63) is 64.9 Å². The van der Waals surface area contributed by atoms with Gasteiger partial charge in [0, 0.05) is 26.2 Å². The van der Waals surface area contributed by atoms with Gasteiger partial charge in [0.1, 0.15) is 11.3 Å². The number of morpholine rings is 1. The number of hydrogen-bond acceptors (Lipinski definition) is 7. The Hall–Kier alpha value is -2.69. The van der Waals surface area contributed by atoms with Crippen LogP contribution in [0.15, 0.2) is 48.7 Å². The lowest BCUT2D eigenvalue weighted by atomic mass is 10.2. The lowest BCUT2D eigenvalue weighted by molar-refractivity contribution is 0.0376. The van der Waals surface area contributed by atoms with Gasteiger partial charge in [-0.2, -0.15) is 5.10 Å². The molecule has 0 aliphatic carbocycles. The Morgan fingerprint density at radius 3 is 2.68 bits per heavy atom. The van der Waals surface area contributed by atoms with E-state index < -0.39 is 0 Å². The van der Waals surface area contributed by atoms with Gasteiger partial charge in [-0.15, -0.1) is 12.4 Å². The fraction of sp³-hybridized carbons (Fsp3) is 0.346. The van der Waals surface area contributed by atoms with Crippen LogP contribution < -0.4 is 9.64 Å². The highest BCUT2D eigenvalue weighted by atomic mass is 35.5. The SMILES string of the molecule is COc1ccc(Cl)c2sc(N(CCCN3CCOCC3)C(=O)c3cnn(-c4ccccc4)c3C)nc12.Cl. The maximum absolute atomic E-state index is 14.0. The number of nitrogens with zero attached hydrogens (tertiary/aromatic N) is 5. The number of methoxy groups -OCH3 is 1. The molecule has 37 heavy (non-hydrogen) atoms. The van der Waals surface area contributed by atoms with Crippen molar-refractivity contribution in [3.63, 3.8) is 0 Å². The van der Waals surface area contributed by atoms with Gasteiger partial charge in [0.15, 0.2) is 5.13 Å². The summed E-state index contributed by atoms with van der Waals surface area (Å²) in [5.41, 5.74) is 2.89. The first-order chi connectivity index (χ1) is 17.6. The largest absolute Gasteiger partial charge is 0.494 e. The highest BCUT2D eigenvalue weighted by molar-refractivity contribution is 7.23. The first-order valence-electron chi connectivity index (χ1n) is 11.9. The molecule has 0 atom stereocenters. The third-order valence-electron chi connectivity index (χ3n) is 6.34. The van der Waals surface area contributed by atoms with E-state index in [1.165, 1.54) is 11.3 Å². The number of benzene rings is 2. The highest BCUT2D eigenvalue weighted by Gasteiger charge is 2.26. The van der Waals surface area contributed by atoms with Gasteiger partial charge in [0.05, 0.1) is 53.2 Å². The van der Waals surface area contributed by atoms with Gasteiger partial charge >= 0.3 is 0 Å². The number of aromatic nitrogens is 3. The fourth-order valence-electron chi connectivity index (χ4n) is 4.38. The molecule has 0 N–H and O–H groups in total. The van der Waals surface area contributed by atoms with Crippen molar-refractivity contribution in [2.75, 3.05) is 51.4 Å². The predicted molar refractivity (Wildman–Crippen MR) is 150 cm³/mol. The van der Waals surface area contributed by atoms with Crippen molar-refractivity contribution in [1.82, 2.24) is 19.7 Å². The van der Waals surface area contributed by atoms with Crippen molar-refractivity contribution in [3.8, 4) is 11.4 Å². The summed E-state index contributed by atoms with van der Waals surface area (Å²) in [5.74, 6) is 0.497. The summed E-state index contributed by atoms with van der Waals surface area (Å²) in [6.45, 7) is 6.62. The summed E-state index contributed by atoms with van der Waals surface area (Å²) in [5, 5.41) is 5.69. The van der Waals surface area contributed by atoms with Crippen LogP contribution in [-0.2, 0) is 4.74 Å². The topological polar surface area (TPSA) is 72.7 Å². The molecule has 0 bridgehead atoms. The third-order valence-corrected chi connectivity index (χ3v) is 7.88. The van der Waals surface area contributed by atoms with Gasteiger partial charge in [-0.1, -0.05) is 41.1 Å². The summed E-state index contributed by atoms with van der Waals surface area (Å²) < 4.78 is 13.6. The minimum atomic E-state index is -0.134. The number of para-hydroxylation sites is 1. The van der Waals surface area contributed by atoms with Crippen LogP contribution in [0, 0.1) is 6.92 Å². The second-order valence-electron chi connectivity index (χ2n) is 8.58. The van der Waals surface area contributed by atoms with Crippen LogP contribution in [0.25, 0.3) is 15.9 Å². The van der Waals surface area contributed by atoms with Crippen LogP contribution in [0.5, 0.6) is 5.75 Å². The molecule has 8 nitrogen and oxygen atoms in total. The van der Waals surface area contributed by atoms with Gasteiger partial charge in [-0.3, -0.25) is 14.6 Å². The van der Waals surface area contributed by atoms with E-state index in [4.69, 9.17) is 26.1 Å². The average molecular weight is 563 g/mol. The Bertz CT molecular complexity index is 1360.